The zero-order chi connectivity index (χ0) is 14.1. The molecule has 1 saturated heterocycles. The van der Waals surface area contributed by atoms with Crippen molar-refractivity contribution in [3.63, 3.8) is 0 Å². The third kappa shape index (κ3) is 2.17. The maximum absolute atomic E-state index is 4.53. The first-order valence-electron chi connectivity index (χ1n) is 7.09. The molecule has 3 aromatic rings. The molecule has 0 spiro atoms. The van der Waals surface area contributed by atoms with Crippen molar-refractivity contribution >= 4 is 5.69 Å². The second-order valence-electron chi connectivity index (χ2n) is 5.17. The molecule has 0 amide bonds. The molecule has 3 heterocycles. The van der Waals surface area contributed by atoms with E-state index in [1.54, 1.807) is 0 Å². The second kappa shape index (κ2) is 5.02. The van der Waals surface area contributed by atoms with Crippen molar-refractivity contribution < 1.29 is 0 Å². The average Bonchev–Trinajstić information content (AvgIpc) is 3.33. The lowest BCUT2D eigenvalue weighted by atomic mass is 10.1. The van der Waals surface area contributed by atoms with Crippen molar-refractivity contribution in [2.75, 3.05) is 4.90 Å². The molecular weight excluding hydrogens is 258 g/mol. The van der Waals surface area contributed by atoms with Crippen molar-refractivity contribution in [3.05, 3.63) is 90.5 Å². The minimum absolute atomic E-state index is 0.290. The second-order valence-corrected chi connectivity index (χ2v) is 5.17. The Hall–Kier alpha value is -2.68. The highest BCUT2D eigenvalue weighted by molar-refractivity contribution is 5.60. The summed E-state index contributed by atoms with van der Waals surface area (Å²) < 4.78 is 0. The summed E-state index contributed by atoms with van der Waals surface area (Å²) in [6.07, 6.45) is 5.62. The highest BCUT2D eigenvalue weighted by atomic mass is 15.4. The fourth-order valence-corrected chi connectivity index (χ4v) is 2.90. The summed E-state index contributed by atoms with van der Waals surface area (Å²) in [4.78, 5) is 11.2. The van der Waals surface area contributed by atoms with Crippen LogP contribution in [0.4, 0.5) is 5.69 Å². The number of benzene rings is 1. The third-order valence-electron chi connectivity index (χ3n) is 3.88. The molecule has 1 aliphatic heterocycles. The highest BCUT2D eigenvalue weighted by Crippen LogP contribution is 2.56. The summed E-state index contributed by atoms with van der Waals surface area (Å²) in [5.41, 5.74) is 3.56. The zero-order valence-electron chi connectivity index (χ0n) is 11.5. The van der Waals surface area contributed by atoms with Gasteiger partial charge in [-0.15, -0.1) is 0 Å². The summed E-state index contributed by atoms with van der Waals surface area (Å²) >= 11 is 0. The lowest BCUT2D eigenvalue weighted by Gasteiger charge is -2.05. The Morgan fingerprint density at radius 1 is 0.762 bits per heavy atom. The van der Waals surface area contributed by atoms with Crippen molar-refractivity contribution in [2.24, 2.45) is 0 Å². The quantitative estimate of drug-likeness (QED) is 0.680. The Morgan fingerprint density at radius 3 is 2.33 bits per heavy atom. The van der Waals surface area contributed by atoms with E-state index in [0.29, 0.717) is 6.04 Å². The van der Waals surface area contributed by atoms with Crippen molar-refractivity contribution in [2.45, 2.75) is 12.1 Å². The van der Waals surface area contributed by atoms with Gasteiger partial charge in [0.15, 0.2) is 0 Å². The summed E-state index contributed by atoms with van der Waals surface area (Å²) in [5, 5.41) is 0. The van der Waals surface area contributed by atoms with Gasteiger partial charge in [-0.2, -0.15) is 0 Å². The summed E-state index contributed by atoms with van der Waals surface area (Å²) in [6, 6.07) is 21.3. The van der Waals surface area contributed by atoms with Gasteiger partial charge in [0.05, 0.1) is 17.8 Å². The lowest BCUT2D eigenvalue weighted by molar-refractivity contribution is 0.959. The SMILES string of the molecule is c1ccc(N2[C@H](c3cccnc3)[C@@H]2c2ccccn2)cc1. The number of para-hydroxylation sites is 1. The fourth-order valence-electron chi connectivity index (χ4n) is 2.90. The van der Waals surface area contributed by atoms with Gasteiger partial charge in [0.25, 0.3) is 0 Å². The van der Waals surface area contributed by atoms with E-state index < -0.39 is 0 Å². The van der Waals surface area contributed by atoms with Crippen LogP contribution in [0.3, 0.4) is 0 Å². The van der Waals surface area contributed by atoms with Crippen molar-refractivity contribution in [3.8, 4) is 0 Å². The van der Waals surface area contributed by atoms with E-state index in [0.717, 1.165) is 5.69 Å². The number of hydrogen-bond donors (Lipinski definition) is 0. The van der Waals surface area contributed by atoms with Crippen LogP contribution in [0.2, 0.25) is 0 Å². The Balaban J connectivity index is 1.74. The molecule has 0 saturated carbocycles. The van der Waals surface area contributed by atoms with Crippen LogP contribution in [0.5, 0.6) is 0 Å². The van der Waals surface area contributed by atoms with Crippen LogP contribution in [0.25, 0.3) is 0 Å². The van der Waals surface area contributed by atoms with Gasteiger partial charge in [-0.1, -0.05) is 30.3 Å². The van der Waals surface area contributed by atoms with Gasteiger partial charge in [-0.05, 0) is 35.9 Å². The summed E-state index contributed by atoms with van der Waals surface area (Å²) in [7, 11) is 0. The first kappa shape index (κ1) is 12.1. The Labute approximate surface area is 123 Å². The van der Waals surface area contributed by atoms with Crippen LogP contribution in [0.15, 0.2) is 79.3 Å². The van der Waals surface area contributed by atoms with Crippen LogP contribution >= 0.6 is 0 Å². The molecule has 2 aromatic heterocycles. The maximum atomic E-state index is 4.53. The smallest absolute Gasteiger partial charge is 0.0966 e. The summed E-state index contributed by atoms with van der Waals surface area (Å²) in [5.74, 6) is 0. The molecular formula is C18H15N3. The van der Waals surface area contributed by atoms with E-state index in [-0.39, 0.29) is 6.04 Å². The van der Waals surface area contributed by atoms with Gasteiger partial charge in [0, 0.05) is 24.3 Å². The number of pyridine rings is 2. The van der Waals surface area contributed by atoms with Gasteiger partial charge in [-0.3, -0.25) is 9.97 Å². The predicted molar refractivity (Wildman–Crippen MR) is 82.9 cm³/mol. The molecule has 4 rings (SSSR count). The number of aromatic nitrogens is 2. The first-order valence-corrected chi connectivity index (χ1v) is 7.09. The molecule has 2 atom stereocenters. The normalized spacial score (nSPS) is 20.3. The Bertz CT molecular complexity index is 604. The number of rotatable bonds is 3. The van der Waals surface area contributed by atoms with E-state index in [4.69, 9.17) is 0 Å². The van der Waals surface area contributed by atoms with E-state index in [1.807, 2.05) is 42.9 Å². The van der Waals surface area contributed by atoms with Crippen LogP contribution in [-0.2, 0) is 0 Å². The number of hydrogen-bond acceptors (Lipinski definition) is 3. The fraction of sp³-hybridized carbons (Fsp3) is 0.111. The molecule has 21 heavy (non-hydrogen) atoms. The van der Waals surface area contributed by atoms with Gasteiger partial charge in [0.2, 0.25) is 0 Å². The molecule has 0 aliphatic carbocycles. The van der Waals surface area contributed by atoms with Crippen molar-refractivity contribution in [1.29, 1.82) is 0 Å². The minimum Gasteiger partial charge on any atom is -0.351 e. The molecule has 1 aromatic carbocycles. The minimum atomic E-state index is 0.290. The van der Waals surface area contributed by atoms with Gasteiger partial charge < -0.3 is 4.90 Å². The Morgan fingerprint density at radius 2 is 1.62 bits per heavy atom. The van der Waals surface area contributed by atoms with E-state index in [1.165, 1.54) is 11.3 Å². The van der Waals surface area contributed by atoms with E-state index >= 15 is 0 Å². The van der Waals surface area contributed by atoms with Crippen LogP contribution in [0.1, 0.15) is 23.3 Å². The number of anilines is 1. The van der Waals surface area contributed by atoms with Crippen LogP contribution < -0.4 is 4.90 Å². The first-order chi connectivity index (χ1) is 10.4. The van der Waals surface area contributed by atoms with Gasteiger partial charge >= 0.3 is 0 Å². The van der Waals surface area contributed by atoms with Crippen LogP contribution in [0, 0.1) is 0 Å². The molecule has 3 heteroatoms. The standard InChI is InChI=1S/C18H15N3/c1-2-8-15(9-3-1)21-17(14-7-6-11-19-13-14)18(21)16-10-4-5-12-20-16/h1-13,17-18H/t17-,18+,21?/m1/s1. The molecule has 0 N–H and O–H groups in total. The lowest BCUT2D eigenvalue weighted by Crippen LogP contribution is -1.96. The largest absolute Gasteiger partial charge is 0.351 e. The summed E-state index contributed by atoms with van der Waals surface area (Å²) in [6.45, 7) is 0. The highest BCUT2D eigenvalue weighted by Gasteiger charge is 2.50. The third-order valence-corrected chi connectivity index (χ3v) is 3.88. The number of nitrogens with zero attached hydrogens (tertiary/aromatic N) is 3. The molecule has 3 nitrogen and oxygen atoms in total. The topological polar surface area (TPSA) is 28.8 Å². The monoisotopic (exact) mass is 273 g/mol. The zero-order valence-corrected chi connectivity index (χ0v) is 11.5. The van der Waals surface area contributed by atoms with Crippen LogP contribution in [-0.4, -0.2) is 9.97 Å². The van der Waals surface area contributed by atoms with E-state index in [2.05, 4.69) is 51.3 Å². The molecule has 0 unspecified atom stereocenters. The van der Waals surface area contributed by atoms with Gasteiger partial charge in [-0.25, -0.2) is 0 Å². The molecule has 0 radical (unpaired) electrons. The predicted octanol–water partition coefficient (Wildman–Crippen LogP) is 3.78. The molecule has 102 valence electrons. The van der Waals surface area contributed by atoms with Crippen molar-refractivity contribution in [1.82, 2.24) is 9.97 Å². The maximum Gasteiger partial charge on any atom is 0.0966 e. The Kier molecular flexibility index (Phi) is 2.89. The molecule has 1 fully saturated rings. The molecule has 0 bridgehead atoms. The average molecular weight is 273 g/mol. The van der Waals surface area contributed by atoms with E-state index in [9.17, 15) is 0 Å². The van der Waals surface area contributed by atoms with Gasteiger partial charge in [0.1, 0.15) is 0 Å². The molecule has 1 aliphatic rings.